The molecule has 1 aliphatic heterocycles. The molecule has 2 aromatic carbocycles. The summed E-state index contributed by atoms with van der Waals surface area (Å²) in [5.74, 6) is -0.331. The average molecular weight is 358 g/mol. The molecule has 2 aromatic rings. The molecular weight excluding hydrogens is 334 g/mol. The number of anilines is 1. The molecule has 26 heavy (non-hydrogen) atoms. The van der Waals surface area contributed by atoms with Crippen molar-refractivity contribution in [2.75, 3.05) is 24.5 Å². The molecule has 3 nitrogen and oxygen atoms in total. The summed E-state index contributed by atoms with van der Waals surface area (Å²) in [6, 6.07) is 15.7. The number of hydrogen-bond acceptors (Lipinski definition) is 2. The molecule has 0 N–H and O–H groups in total. The van der Waals surface area contributed by atoms with Crippen molar-refractivity contribution < 1.29 is 13.6 Å². The van der Waals surface area contributed by atoms with Crippen LogP contribution in [0.3, 0.4) is 0 Å². The first kappa shape index (κ1) is 18.4. The molecule has 0 unspecified atom stereocenters. The van der Waals surface area contributed by atoms with E-state index >= 15 is 0 Å². The summed E-state index contributed by atoms with van der Waals surface area (Å²) in [7, 11) is 0. The van der Waals surface area contributed by atoms with Crippen LogP contribution in [-0.4, -0.2) is 36.9 Å². The molecule has 0 spiro atoms. The number of halogens is 2. The van der Waals surface area contributed by atoms with Crippen LogP contribution < -0.4 is 4.90 Å². The zero-order chi connectivity index (χ0) is 18.5. The minimum absolute atomic E-state index is 0.331. The highest BCUT2D eigenvalue weighted by Gasteiger charge is 2.20. The molecular formula is C21H24F2N2O. The number of amides is 1. The Balaban J connectivity index is 1.71. The second-order valence-corrected chi connectivity index (χ2v) is 6.63. The Morgan fingerprint density at radius 3 is 2.46 bits per heavy atom. The molecule has 1 amide bonds. The van der Waals surface area contributed by atoms with Crippen LogP contribution in [0.4, 0.5) is 14.5 Å². The quantitative estimate of drug-likeness (QED) is 0.766. The maximum atomic E-state index is 12.7. The van der Waals surface area contributed by atoms with Gasteiger partial charge in [0.2, 0.25) is 0 Å². The highest BCUT2D eigenvalue weighted by atomic mass is 19.3. The van der Waals surface area contributed by atoms with Crippen molar-refractivity contribution >= 4 is 11.6 Å². The lowest BCUT2D eigenvalue weighted by atomic mass is 9.99. The third-order valence-corrected chi connectivity index (χ3v) is 4.75. The van der Waals surface area contributed by atoms with E-state index in [1.165, 1.54) is 16.0 Å². The first-order valence-corrected chi connectivity index (χ1v) is 9.07. The standard InChI is InChI=1S/C21H24F2N2O/c1-2-12-25(15-20(22)23)21(26)17-7-9-19(10-8-17)24-13-11-16-5-3-4-6-18(16)14-24/h3-10,20H,2,11-15H2,1H3. The van der Waals surface area contributed by atoms with Crippen molar-refractivity contribution in [2.24, 2.45) is 0 Å². The smallest absolute Gasteiger partial charge is 0.255 e. The van der Waals surface area contributed by atoms with E-state index in [9.17, 15) is 13.6 Å². The predicted molar refractivity (Wildman–Crippen MR) is 99.8 cm³/mol. The highest BCUT2D eigenvalue weighted by molar-refractivity contribution is 5.94. The van der Waals surface area contributed by atoms with Gasteiger partial charge in [0.05, 0.1) is 6.54 Å². The number of carbonyl (C=O) groups is 1. The van der Waals surface area contributed by atoms with E-state index in [-0.39, 0.29) is 5.91 Å². The van der Waals surface area contributed by atoms with E-state index in [2.05, 4.69) is 29.2 Å². The van der Waals surface area contributed by atoms with Gasteiger partial charge in [0.1, 0.15) is 0 Å². The Hall–Kier alpha value is -2.43. The van der Waals surface area contributed by atoms with Gasteiger partial charge in [-0.05, 0) is 48.2 Å². The molecule has 0 radical (unpaired) electrons. The lowest BCUT2D eigenvalue weighted by Crippen LogP contribution is -2.35. The average Bonchev–Trinajstić information content (AvgIpc) is 2.66. The van der Waals surface area contributed by atoms with E-state index < -0.39 is 13.0 Å². The third kappa shape index (κ3) is 4.21. The Bertz CT molecular complexity index is 746. The second kappa shape index (κ2) is 8.30. The van der Waals surface area contributed by atoms with E-state index in [0.717, 1.165) is 25.2 Å². The monoisotopic (exact) mass is 358 g/mol. The Labute approximate surface area is 153 Å². The van der Waals surface area contributed by atoms with Crippen LogP contribution in [0.1, 0.15) is 34.8 Å². The van der Waals surface area contributed by atoms with Crippen molar-refractivity contribution in [3.05, 3.63) is 65.2 Å². The molecule has 0 saturated heterocycles. The third-order valence-electron chi connectivity index (χ3n) is 4.75. The van der Waals surface area contributed by atoms with Gasteiger partial charge in [-0.15, -0.1) is 0 Å². The topological polar surface area (TPSA) is 23.6 Å². The van der Waals surface area contributed by atoms with Crippen LogP contribution in [0.5, 0.6) is 0 Å². The second-order valence-electron chi connectivity index (χ2n) is 6.63. The van der Waals surface area contributed by atoms with Gasteiger partial charge < -0.3 is 9.80 Å². The van der Waals surface area contributed by atoms with Crippen LogP contribution in [0.15, 0.2) is 48.5 Å². The number of alkyl halides is 2. The fourth-order valence-electron chi connectivity index (χ4n) is 3.43. The Kier molecular flexibility index (Phi) is 5.86. The molecule has 1 aliphatic rings. The van der Waals surface area contributed by atoms with Gasteiger partial charge in [-0.2, -0.15) is 0 Å². The van der Waals surface area contributed by atoms with E-state index in [4.69, 9.17) is 0 Å². The SMILES string of the molecule is CCCN(CC(F)F)C(=O)c1ccc(N2CCc3ccccc3C2)cc1. The number of carbonyl (C=O) groups excluding carboxylic acids is 1. The van der Waals surface area contributed by atoms with Gasteiger partial charge in [0.25, 0.3) is 12.3 Å². The van der Waals surface area contributed by atoms with E-state index in [0.29, 0.717) is 18.5 Å². The molecule has 0 bridgehead atoms. The fourth-order valence-corrected chi connectivity index (χ4v) is 3.43. The van der Waals surface area contributed by atoms with Crippen LogP contribution in [-0.2, 0) is 13.0 Å². The minimum Gasteiger partial charge on any atom is -0.367 e. The van der Waals surface area contributed by atoms with Gasteiger partial charge in [-0.1, -0.05) is 31.2 Å². The number of nitrogens with zero attached hydrogens (tertiary/aromatic N) is 2. The van der Waals surface area contributed by atoms with Gasteiger partial charge in [0.15, 0.2) is 0 Å². The summed E-state index contributed by atoms with van der Waals surface area (Å²) < 4.78 is 25.4. The molecule has 3 rings (SSSR count). The molecule has 1 heterocycles. The predicted octanol–water partition coefficient (Wildman–Crippen LogP) is 4.37. The largest absolute Gasteiger partial charge is 0.367 e. The molecule has 5 heteroatoms. The number of rotatable bonds is 6. The molecule has 0 aromatic heterocycles. The summed E-state index contributed by atoms with van der Waals surface area (Å²) in [4.78, 5) is 16.0. The molecule has 138 valence electrons. The van der Waals surface area contributed by atoms with E-state index in [1.807, 2.05) is 19.1 Å². The van der Waals surface area contributed by atoms with Crippen molar-refractivity contribution in [2.45, 2.75) is 32.7 Å². The van der Waals surface area contributed by atoms with Gasteiger partial charge >= 0.3 is 0 Å². The first-order chi connectivity index (χ1) is 12.6. The summed E-state index contributed by atoms with van der Waals surface area (Å²) in [6.07, 6.45) is -0.864. The van der Waals surface area contributed by atoms with Crippen LogP contribution in [0, 0.1) is 0 Å². The Morgan fingerprint density at radius 1 is 1.12 bits per heavy atom. The minimum atomic E-state index is -2.52. The molecule has 0 atom stereocenters. The van der Waals surface area contributed by atoms with Crippen LogP contribution in [0.25, 0.3) is 0 Å². The summed E-state index contributed by atoms with van der Waals surface area (Å²) in [5, 5.41) is 0. The van der Waals surface area contributed by atoms with Crippen molar-refractivity contribution in [3.63, 3.8) is 0 Å². The number of hydrogen-bond donors (Lipinski definition) is 0. The van der Waals surface area contributed by atoms with E-state index in [1.54, 1.807) is 12.1 Å². The van der Waals surface area contributed by atoms with Crippen molar-refractivity contribution in [1.29, 1.82) is 0 Å². The van der Waals surface area contributed by atoms with Gasteiger partial charge in [-0.3, -0.25) is 4.79 Å². The molecule has 0 saturated carbocycles. The zero-order valence-corrected chi connectivity index (χ0v) is 15.0. The fraction of sp³-hybridized carbons (Fsp3) is 0.381. The van der Waals surface area contributed by atoms with Crippen molar-refractivity contribution in [3.8, 4) is 0 Å². The lowest BCUT2D eigenvalue weighted by Gasteiger charge is -2.31. The summed E-state index contributed by atoms with van der Waals surface area (Å²) >= 11 is 0. The van der Waals surface area contributed by atoms with Crippen LogP contribution >= 0.6 is 0 Å². The van der Waals surface area contributed by atoms with Crippen LogP contribution in [0.2, 0.25) is 0 Å². The molecule has 0 aliphatic carbocycles. The first-order valence-electron chi connectivity index (χ1n) is 9.07. The summed E-state index contributed by atoms with van der Waals surface area (Å²) in [6.45, 7) is 3.47. The summed E-state index contributed by atoms with van der Waals surface area (Å²) in [5.41, 5.74) is 4.22. The maximum absolute atomic E-state index is 12.7. The molecule has 0 fully saturated rings. The maximum Gasteiger partial charge on any atom is 0.255 e. The zero-order valence-electron chi connectivity index (χ0n) is 15.0. The number of benzene rings is 2. The lowest BCUT2D eigenvalue weighted by molar-refractivity contribution is 0.0555. The van der Waals surface area contributed by atoms with Gasteiger partial charge in [0, 0.05) is 30.9 Å². The normalized spacial score (nSPS) is 13.6. The number of fused-ring (bicyclic) bond motifs is 1. The Morgan fingerprint density at radius 2 is 1.81 bits per heavy atom. The van der Waals surface area contributed by atoms with Crippen molar-refractivity contribution in [1.82, 2.24) is 4.90 Å². The highest BCUT2D eigenvalue weighted by Crippen LogP contribution is 2.25. The van der Waals surface area contributed by atoms with Gasteiger partial charge in [-0.25, -0.2) is 8.78 Å².